The molecule has 0 amide bonds. The molecule has 0 atom stereocenters. The van der Waals surface area contributed by atoms with Crippen molar-refractivity contribution in [2.75, 3.05) is 34.1 Å². The van der Waals surface area contributed by atoms with Crippen LogP contribution in [0, 0.1) is 0 Å². The van der Waals surface area contributed by atoms with Crippen molar-refractivity contribution in [3.05, 3.63) is 0 Å². The summed E-state index contributed by atoms with van der Waals surface area (Å²) in [6.45, 7) is 3.31. The highest BCUT2D eigenvalue weighted by Gasteiger charge is 2.38. The minimum atomic E-state index is -4.42. The molecule has 0 aliphatic heterocycles. The molecule has 0 aromatic rings. The van der Waals surface area contributed by atoms with Crippen LogP contribution in [0.25, 0.3) is 0 Å². The van der Waals surface area contributed by atoms with Gasteiger partial charge in [0.1, 0.15) is 6.16 Å². The zero-order chi connectivity index (χ0) is 13.2. The predicted molar refractivity (Wildman–Crippen MR) is 59.8 cm³/mol. The fourth-order valence-electron chi connectivity index (χ4n) is 0.755. The molecule has 0 saturated carbocycles. The van der Waals surface area contributed by atoms with Crippen LogP contribution in [-0.2, 0) is 28.2 Å². The Morgan fingerprint density at radius 1 is 1.06 bits per heavy atom. The third kappa shape index (κ3) is 9.41. The Hall–Kier alpha value is 0.180. The summed E-state index contributed by atoms with van der Waals surface area (Å²) in [5.41, 5.74) is 0. The van der Waals surface area contributed by atoms with Crippen LogP contribution in [0.5, 0.6) is 0 Å². The molecule has 0 aliphatic carbocycles. The van der Waals surface area contributed by atoms with Gasteiger partial charge in [-0.3, -0.25) is 4.18 Å². The van der Waals surface area contributed by atoms with E-state index >= 15 is 0 Å². The van der Waals surface area contributed by atoms with Crippen molar-refractivity contribution in [2.24, 2.45) is 0 Å². The third-order valence-electron chi connectivity index (χ3n) is 1.48. The Kier molecular flexibility index (Phi) is 10.7. The lowest BCUT2D eigenvalue weighted by atomic mass is 10.9. The quantitative estimate of drug-likeness (QED) is 0.409. The zero-order valence-electron chi connectivity index (χ0n) is 10.1. The molecule has 0 saturated heterocycles. The Labute approximate surface area is 97.6 Å². The minimum absolute atomic E-state index is 0.0914. The lowest BCUT2D eigenvalue weighted by Gasteiger charge is -2.14. The Morgan fingerprint density at radius 2 is 1.44 bits per heavy atom. The van der Waals surface area contributed by atoms with E-state index in [9.17, 15) is 13.0 Å². The summed E-state index contributed by atoms with van der Waals surface area (Å²) in [7, 11) is -1.54. The zero-order valence-corrected chi connectivity index (χ0v) is 11.8. The minimum Gasteiger partial charge on any atom is -0.726 e. The van der Waals surface area contributed by atoms with Crippen LogP contribution < -0.4 is 0 Å². The van der Waals surface area contributed by atoms with Gasteiger partial charge in [-0.2, -0.15) is 13.6 Å². The van der Waals surface area contributed by atoms with E-state index in [0.29, 0.717) is 0 Å². The van der Waals surface area contributed by atoms with E-state index in [1.165, 1.54) is 6.92 Å². The summed E-state index contributed by atoms with van der Waals surface area (Å²) in [5, 5.41) is 0. The van der Waals surface area contributed by atoms with Crippen molar-refractivity contribution in [1.29, 1.82) is 0 Å². The average Bonchev–Trinajstić information content (AvgIpc) is 2.21. The van der Waals surface area contributed by atoms with Crippen LogP contribution in [0.15, 0.2) is 0 Å². The molecular weight excluding hydrogens is 259 g/mol. The molecule has 9 heteroatoms. The topological polar surface area (TPSA) is 94.1 Å². The van der Waals surface area contributed by atoms with Crippen LogP contribution in [-0.4, -0.2) is 47.1 Å². The van der Waals surface area contributed by atoms with Crippen LogP contribution in [0.2, 0.25) is 0 Å². The molecule has 0 N–H and O–H groups in total. The first-order valence-electron chi connectivity index (χ1n) is 4.46. The van der Waals surface area contributed by atoms with Gasteiger partial charge in [-0.15, -0.1) is 0 Å². The molecule has 0 rings (SSSR count). The molecule has 0 aromatic heterocycles. The fourth-order valence-corrected chi connectivity index (χ4v) is 2.27. The van der Waals surface area contributed by atoms with Crippen molar-refractivity contribution < 1.29 is 30.7 Å². The summed E-state index contributed by atoms with van der Waals surface area (Å²) in [6, 6.07) is 0. The first kappa shape index (κ1) is 18.5. The van der Waals surface area contributed by atoms with Gasteiger partial charge >= 0.3 is 7.94 Å². The molecule has 7 nitrogen and oxygen atoms in total. The van der Waals surface area contributed by atoms with Gasteiger partial charge in [-0.25, -0.2) is 8.42 Å². The molecule has 0 spiro atoms. The summed E-state index contributed by atoms with van der Waals surface area (Å²) in [4.78, 5) is 0. The van der Waals surface area contributed by atoms with Crippen LogP contribution in [0.4, 0.5) is 0 Å². The van der Waals surface area contributed by atoms with Gasteiger partial charge in [-0.1, -0.05) is 0 Å². The summed E-state index contributed by atoms with van der Waals surface area (Å²) in [5.74, 6) is 0. The van der Waals surface area contributed by atoms with Gasteiger partial charge in [-0.05, 0) is 13.8 Å². The van der Waals surface area contributed by atoms with Crippen molar-refractivity contribution in [3.63, 3.8) is 0 Å². The number of rotatable bonds is 6. The highest BCUT2D eigenvalue weighted by Crippen LogP contribution is 2.59. The second kappa shape index (κ2) is 9.23. The second-order valence-corrected chi connectivity index (χ2v) is 6.29. The lowest BCUT2D eigenvalue weighted by molar-refractivity contribution is 0.212. The molecule has 0 aliphatic rings. The first-order chi connectivity index (χ1) is 7.30. The normalized spacial score (nSPS) is 11.9. The fraction of sp³-hybridized carbons (Fsp3) is 1.00. The maximum absolute atomic E-state index is 9.45. The van der Waals surface area contributed by atoms with Crippen molar-refractivity contribution in [2.45, 2.75) is 13.8 Å². The van der Waals surface area contributed by atoms with Gasteiger partial charge in [0, 0.05) is 0 Å². The van der Waals surface area contributed by atoms with E-state index in [2.05, 4.69) is 4.18 Å². The predicted octanol–water partition coefficient (Wildman–Crippen LogP) is 1.19. The molecule has 0 bridgehead atoms. The highest BCUT2D eigenvalue weighted by molar-refractivity contribution is 7.80. The van der Waals surface area contributed by atoms with E-state index in [4.69, 9.17) is 13.6 Å². The van der Waals surface area contributed by atoms with E-state index in [1.54, 1.807) is 21.3 Å². The number of hydrogen-bond acceptors (Lipinski definition) is 7. The lowest BCUT2D eigenvalue weighted by Crippen LogP contribution is -2.02. The van der Waals surface area contributed by atoms with Gasteiger partial charge in [0.2, 0.25) is 10.4 Å². The molecule has 100 valence electrons. The SMILES string of the molecule is CCOS(=O)(=O)[O-].CC[P+](OC)(OC)OC. The molecule has 16 heavy (non-hydrogen) atoms. The molecule has 0 radical (unpaired) electrons. The number of hydrogen-bond donors (Lipinski definition) is 0. The smallest absolute Gasteiger partial charge is 0.410 e. The molecular formula is C7H19O7PS. The third-order valence-corrected chi connectivity index (χ3v) is 4.45. The summed E-state index contributed by atoms with van der Waals surface area (Å²) >= 11 is 0. The van der Waals surface area contributed by atoms with Crippen LogP contribution >= 0.6 is 7.94 Å². The van der Waals surface area contributed by atoms with Crippen LogP contribution in [0.1, 0.15) is 13.8 Å². The maximum Gasteiger partial charge on any atom is 0.410 e. The van der Waals surface area contributed by atoms with Crippen molar-refractivity contribution in [1.82, 2.24) is 0 Å². The first-order valence-corrected chi connectivity index (χ1v) is 7.52. The Balaban J connectivity index is 0. The van der Waals surface area contributed by atoms with Gasteiger partial charge in [0.15, 0.2) is 0 Å². The second-order valence-electron chi connectivity index (χ2n) is 2.29. The van der Waals surface area contributed by atoms with E-state index in [-0.39, 0.29) is 6.61 Å². The van der Waals surface area contributed by atoms with Crippen LogP contribution in [0.3, 0.4) is 0 Å². The van der Waals surface area contributed by atoms with Crippen molar-refractivity contribution in [3.8, 4) is 0 Å². The van der Waals surface area contributed by atoms with Gasteiger partial charge < -0.3 is 4.55 Å². The molecule has 0 heterocycles. The largest absolute Gasteiger partial charge is 0.726 e. The molecule has 0 unspecified atom stereocenters. The van der Waals surface area contributed by atoms with Gasteiger partial charge in [0.25, 0.3) is 0 Å². The highest BCUT2D eigenvalue weighted by atomic mass is 32.3. The maximum atomic E-state index is 9.45. The standard InChI is InChI=1S/C5H14O3P.C2H6O4S/c1-5-9(6-2,7-3)8-4;1-2-6-7(3,4)5/h5H2,1-4H3;2H2,1H3,(H,3,4,5)/q+1;/p-1. The van der Waals surface area contributed by atoms with Crippen molar-refractivity contribution >= 4 is 18.3 Å². The summed E-state index contributed by atoms with van der Waals surface area (Å²) < 4.78 is 47.2. The monoisotopic (exact) mass is 278 g/mol. The molecule has 0 fully saturated rings. The Morgan fingerprint density at radius 3 is 1.44 bits per heavy atom. The van der Waals surface area contributed by atoms with E-state index in [1.807, 2.05) is 6.92 Å². The summed E-state index contributed by atoms with van der Waals surface area (Å²) in [6.07, 6.45) is 0.788. The van der Waals surface area contributed by atoms with E-state index in [0.717, 1.165) is 6.16 Å². The Bertz CT molecular complexity index is 232. The molecule has 0 aromatic carbocycles. The van der Waals surface area contributed by atoms with Gasteiger partial charge in [0.05, 0.1) is 27.9 Å². The van der Waals surface area contributed by atoms with E-state index < -0.39 is 18.3 Å². The average molecular weight is 278 g/mol.